The molecule has 0 saturated carbocycles. The first kappa shape index (κ1) is 14.2. The molecular formula is C16H12N2O3S. The number of allylic oxidation sites excluding steroid dienone is 1. The molecule has 0 bridgehead atoms. The van der Waals surface area contributed by atoms with Crippen molar-refractivity contribution in [3.63, 3.8) is 0 Å². The molecule has 110 valence electrons. The Balaban J connectivity index is 2.31. The highest BCUT2D eigenvalue weighted by atomic mass is 32.2. The van der Waals surface area contributed by atoms with Gasteiger partial charge in [-0.1, -0.05) is 24.3 Å². The molecule has 0 amide bonds. The highest BCUT2D eigenvalue weighted by Crippen LogP contribution is 2.42. The molecule has 0 aliphatic carbocycles. The lowest BCUT2D eigenvalue weighted by molar-refractivity contribution is 0.416. The van der Waals surface area contributed by atoms with Crippen LogP contribution in [0.5, 0.6) is 5.75 Å². The van der Waals surface area contributed by atoms with E-state index in [9.17, 15) is 13.7 Å². The summed E-state index contributed by atoms with van der Waals surface area (Å²) in [4.78, 5) is 1.48. The van der Waals surface area contributed by atoms with Crippen molar-refractivity contribution in [3.8, 4) is 11.8 Å². The molecule has 22 heavy (non-hydrogen) atoms. The van der Waals surface area contributed by atoms with Crippen LogP contribution in [0.2, 0.25) is 0 Å². The van der Waals surface area contributed by atoms with Gasteiger partial charge in [0.1, 0.15) is 11.8 Å². The zero-order valence-electron chi connectivity index (χ0n) is 11.7. The number of sulfone groups is 1. The van der Waals surface area contributed by atoms with Crippen LogP contribution in [-0.4, -0.2) is 15.5 Å². The van der Waals surface area contributed by atoms with E-state index in [4.69, 9.17) is 4.74 Å². The fraction of sp³-hybridized carbons (Fsp3) is 0.0625. The summed E-state index contributed by atoms with van der Waals surface area (Å²) in [5.41, 5.74) is 1.16. The molecule has 0 spiro atoms. The Bertz CT molecular complexity index is 911. The van der Waals surface area contributed by atoms with Gasteiger partial charge in [-0.15, -0.1) is 0 Å². The highest BCUT2D eigenvalue weighted by molar-refractivity contribution is 7.95. The minimum absolute atomic E-state index is 0.111. The van der Waals surface area contributed by atoms with Gasteiger partial charge in [0.15, 0.2) is 4.91 Å². The molecule has 1 aliphatic heterocycles. The van der Waals surface area contributed by atoms with E-state index in [0.717, 1.165) is 0 Å². The average molecular weight is 312 g/mol. The smallest absolute Gasteiger partial charge is 0.220 e. The van der Waals surface area contributed by atoms with E-state index in [-0.39, 0.29) is 9.80 Å². The van der Waals surface area contributed by atoms with Gasteiger partial charge in [0.2, 0.25) is 9.84 Å². The Morgan fingerprint density at radius 1 is 1.05 bits per heavy atom. The Morgan fingerprint density at radius 2 is 1.68 bits per heavy atom. The molecule has 1 aliphatic rings. The number of fused-ring (bicyclic) bond motifs is 1. The first-order valence-corrected chi connectivity index (χ1v) is 7.96. The summed E-state index contributed by atoms with van der Waals surface area (Å²) in [5, 5.41) is 9.19. The van der Waals surface area contributed by atoms with Crippen LogP contribution in [0.3, 0.4) is 0 Å². The molecule has 2 aromatic rings. The average Bonchev–Trinajstić information content (AvgIpc) is 2.55. The van der Waals surface area contributed by atoms with Crippen LogP contribution < -0.4 is 9.64 Å². The van der Waals surface area contributed by atoms with Crippen LogP contribution in [-0.2, 0) is 9.84 Å². The standard InChI is InChI=1S/C16H12N2O3S/c1-21-15-8-4-2-6-13(15)18-11-12(10-17)22(19,20)16-9-5-3-7-14(16)18/h2-9,11H,1H3. The molecule has 0 aromatic heterocycles. The Morgan fingerprint density at radius 3 is 2.36 bits per heavy atom. The van der Waals surface area contributed by atoms with Crippen LogP contribution in [0.15, 0.2) is 64.5 Å². The van der Waals surface area contributed by atoms with E-state index >= 15 is 0 Å². The van der Waals surface area contributed by atoms with Crippen molar-refractivity contribution in [1.29, 1.82) is 5.26 Å². The summed E-state index contributed by atoms with van der Waals surface area (Å²) in [7, 11) is -2.23. The molecular weight excluding hydrogens is 300 g/mol. The van der Waals surface area contributed by atoms with Crippen molar-refractivity contribution in [3.05, 3.63) is 59.6 Å². The Hall–Kier alpha value is -2.78. The molecule has 0 N–H and O–H groups in total. The molecule has 3 rings (SSSR count). The molecule has 5 nitrogen and oxygen atoms in total. The maximum Gasteiger partial charge on any atom is 0.220 e. The monoisotopic (exact) mass is 312 g/mol. The van der Waals surface area contributed by atoms with Crippen LogP contribution in [0.4, 0.5) is 11.4 Å². The van der Waals surface area contributed by atoms with Gasteiger partial charge in [-0.05, 0) is 24.3 Å². The quantitative estimate of drug-likeness (QED) is 0.852. The first-order chi connectivity index (χ1) is 10.6. The van der Waals surface area contributed by atoms with E-state index in [1.807, 2.05) is 12.1 Å². The number of nitrogens with zero attached hydrogens (tertiary/aromatic N) is 2. The number of methoxy groups -OCH3 is 1. The number of hydrogen-bond donors (Lipinski definition) is 0. The van der Waals surface area contributed by atoms with Crippen LogP contribution >= 0.6 is 0 Å². The maximum atomic E-state index is 12.4. The molecule has 0 unspecified atom stereocenters. The van der Waals surface area contributed by atoms with Gasteiger partial charge in [-0.3, -0.25) is 0 Å². The van der Waals surface area contributed by atoms with Crippen molar-refractivity contribution in [2.75, 3.05) is 12.0 Å². The lowest BCUT2D eigenvalue weighted by atomic mass is 10.2. The van der Waals surface area contributed by atoms with Gasteiger partial charge >= 0.3 is 0 Å². The first-order valence-electron chi connectivity index (χ1n) is 6.48. The van der Waals surface area contributed by atoms with Gasteiger partial charge in [-0.25, -0.2) is 8.42 Å². The summed E-state index contributed by atoms with van der Waals surface area (Å²) in [6, 6.07) is 15.6. The van der Waals surface area contributed by atoms with Gasteiger partial charge in [-0.2, -0.15) is 5.26 Å². The highest BCUT2D eigenvalue weighted by Gasteiger charge is 2.32. The van der Waals surface area contributed by atoms with E-state index in [2.05, 4.69) is 0 Å². The fourth-order valence-corrected chi connectivity index (χ4v) is 3.68. The predicted octanol–water partition coefficient (Wildman–Crippen LogP) is 2.99. The summed E-state index contributed by atoms with van der Waals surface area (Å²) in [6.45, 7) is 0. The number of ether oxygens (including phenoxy) is 1. The Kier molecular flexibility index (Phi) is 3.35. The number of nitriles is 1. The van der Waals surface area contributed by atoms with E-state index < -0.39 is 9.84 Å². The van der Waals surface area contributed by atoms with Gasteiger partial charge in [0, 0.05) is 6.20 Å². The summed E-state index contributed by atoms with van der Waals surface area (Å²) in [6.07, 6.45) is 1.33. The number of hydrogen-bond acceptors (Lipinski definition) is 5. The molecule has 2 aromatic carbocycles. The largest absolute Gasteiger partial charge is 0.495 e. The third-order valence-corrected chi connectivity index (χ3v) is 5.11. The van der Waals surface area contributed by atoms with Gasteiger partial charge in [0.25, 0.3) is 0 Å². The fourth-order valence-electron chi connectivity index (χ4n) is 2.38. The predicted molar refractivity (Wildman–Crippen MR) is 82.5 cm³/mol. The number of anilines is 2. The third kappa shape index (κ3) is 2.03. The van der Waals surface area contributed by atoms with Crippen molar-refractivity contribution < 1.29 is 13.2 Å². The number of para-hydroxylation sites is 3. The number of benzene rings is 2. The van der Waals surface area contributed by atoms with Crippen LogP contribution in [0, 0.1) is 11.3 Å². The summed E-state index contributed by atoms with van der Waals surface area (Å²) in [5.74, 6) is 0.588. The van der Waals surface area contributed by atoms with Crippen LogP contribution in [0.25, 0.3) is 0 Å². The van der Waals surface area contributed by atoms with Gasteiger partial charge in [0.05, 0.1) is 23.4 Å². The molecule has 0 atom stereocenters. The molecule has 0 radical (unpaired) electrons. The lowest BCUT2D eigenvalue weighted by Gasteiger charge is -2.28. The normalized spacial score (nSPS) is 15.5. The van der Waals surface area contributed by atoms with E-state index in [1.165, 1.54) is 12.3 Å². The summed E-state index contributed by atoms with van der Waals surface area (Å²) < 4.78 is 30.2. The second-order valence-electron chi connectivity index (χ2n) is 4.62. The molecule has 1 heterocycles. The molecule has 0 fully saturated rings. The zero-order valence-corrected chi connectivity index (χ0v) is 12.5. The Labute approximate surface area is 128 Å². The van der Waals surface area contributed by atoms with Crippen LogP contribution in [0.1, 0.15) is 0 Å². The molecule has 0 saturated heterocycles. The van der Waals surface area contributed by atoms with Crippen molar-refractivity contribution in [1.82, 2.24) is 0 Å². The third-order valence-electron chi connectivity index (χ3n) is 3.41. The lowest BCUT2D eigenvalue weighted by Crippen LogP contribution is -2.21. The molecule has 6 heteroatoms. The minimum atomic E-state index is -3.78. The summed E-state index contributed by atoms with van der Waals surface area (Å²) >= 11 is 0. The number of rotatable bonds is 2. The van der Waals surface area contributed by atoms with E-state index in [1.54, 1.807) is 48.4 Å². The second-order valence-corrected chi connectivity index (χ2v) is 6.50. The van der Waals surface area contributed by atoms with Gasteiger partial charge < -0.3 is 9.64 Å². The van der Waals surface area contributed by atoms with Crippen molar-refractivity contribution >= 4 is 21.2 Å². The zero-order chi connectivity index (χ0) is 15.7. The minimum Gasteiger partial charge on any atom is -0.495 e. The topological polar surface area (TPSA) is 70.4 Å². The second kappa shape index (κ2) is 5.20. The van der Waals surface area contributed by atoms with Crippen molar-refractivity contribution in [2.45, 2.75) is 4.90 Å². The SMILES string of the molecule is COc1ccccc1N1C=C(C#N)S(=O)(=O)c2ccccc21. The van der Waals surface area contributed by atoms with Crippen molar-refractivity contribution in [2.24, 2.45) is 0 Å². The van der Waals surface area contributed by atoms with E-state index in [0.29, 0.717) is 17.1 Å². The maximum absolute atomic E-state index is 12.4.